The lowest BCUT2D eigenvalue weighted by Crippen LogP contribution is -2.31. The van der Waals surface area contributed by atoms with Crippen molar-refractivity contribution in [2.45, 2.75) is 19.4 Å². The van der Waals surface area contributed by atoms with E-state index in [1.807, 2.05) is 0 Å². The summed E-state index contributed by atoms with van der Waals surface area (Å²) in [6.07, 6.45) is 3.11. The number of nitrogens with one attached hydrogen (secondary N) is 1. The molecule has 0 radical (unpaired) electrons. The van der Waals surface area contributed by atoms with Crippen molar-refractivity contribution in [1.29, 1.82) is 0 Å². The van der Waals surface area contributed by atoms with Crippen LogP contribution in [-0.4, -0.2) is 22.9 Å². The number of hydrogen-bond acceptors (Lipinski definition) is 4. The zero-order valence-electron chi connectivity index (χ0n) is 7.25. The number of halogens is 1. The van der Waals surface area contributed by atoms with Crippen molar-refractivity contribution in [1.82, 2.24) is 15.6 Å². The third-order valence-electron chi connectivity index (χ3n) is 2.15. The maximum atomic E-state index is 5.80. The molecule has 70 valence electrons. The van der Waals surface area contributed by atoms with Crippen LogP contribution in [0.25, 0.3) is 5.57 Å². The minimum absolute atomic E-state index is 0.262. The average Bonchev–Trinajstić information content (AvgIpc) is 2.52. The summed E-state index contributed by atoms with van der Waals surface area (Å²) in [5.41, 5.74) is 1.72. The molecule has 0 fully saturated rings. The molecule has 1 unspecified atom stereocenters. The van der Waals surface area contributed by atoms with Crippen molar-refractivity contribution in [2.24, 2.45) is 0 Å². The van der Waals surface area contributed by atoms with Gasteiger partial charge in [0.15, 0.2) is 5.69 Å². The minimum atomic E-state index is 0.262. The average molecular weight is 200 g/mol. The summed E-state index contributed by atoms with van der Waals surface area (Å²) in [4.78, 5) is 0. The molecule has 0 spiro atoms. The van der Waals surface area contributed by atoms with Gasteiger partial charge in [0, 0.05) is 6.04 Å². The maximum absolute atomic E-state index is 5.80. The highest BCUT2D eigenvalue weighted by atomic mass is 35.5. The topological polar surface area (TPSA) is 51.0 Å². The predicted octanol–water partition coefficient (Wildman–Crippen LogP) is 1.49. The standard InChI is InChI=1S/C8H10ClN3O/c1-5-6(3-2-4-10-5)7-8(9)12-13-11-7/h3,5,10H,2,4H2,1H3. The van der Waals surface area contributed by atoms with Gasteiger partial charge in [-0.25, -0.2) is 4.63 Å². The molecule has 1 aromatic rings. The summed E-state index contributed by atoms with van der Waals surface area (Å²) in [5, 5.41) is 10.9. The van der Waals surface area contributed by atoms with E-state index in [0.717, 1.165) is 18.5 Å². The third kappa shape index (κ3) is 1.59. The molecule has 0 aromatic carbocycles. The largest absolute Gasteiger partial charge is 0.310 e. The van der Waals surface area contributed by atoms with E-state index in [9.17, 15) is 0 Å². The fourth-order valence-electron chi connectivity index (χ4n) is 1.47. The van der Waals surface area contributed by atoms with Gasteiger partial charge in [-0.3, -0.25) is 0 Å². The molecule has 2 rings (SSSR count). The summed E-state index contributed by atoms with van der Waals surface area (Å²) in [7, 11) is 0. The van der Waals surface area contributed by atoms with Crippen LogP contribution in [0.15, 0.2) is 10.7 Å². The lowest BCUT2D eigenvalue weighted by molar-refractivity contribution is 0.306. The SMILES string of the molecule is CC1NCCC=C1c1nonc1Cl. The highest BCUT2D eigenvalue weighted by molar-refractivity contribution is 6.30. The smallest absolute Gasteiger partial charge is 0.201 e. The van der Waals surface area contributed by atoms with Crippen LogP contribution in [0.4, 0.5) is 0 Å². The van der Waals surface area contributed by atoms with Crippen molar-refractivity contribution in [3.8, 4) is 0 Å². The molecule has 1 atom stereocenters. The first-order chi connectivity index (χ1) is 6.29. The van der Waals surface area contributed by atoms with Crippen LogP contribution in [0.2, 0.25) is 5.15 Å². The van der Waals surface area contributed by atoms with E-state index in [1.165, 1.54) is 0 Å². The van der Waals surface area contributed by atoms with Crippen molar-refractivity contribution in [3.63, 3.8) is 0 Å². The monoisotopic (exact) mass is 199 g/mol. The van der Waals surface area contributed by atoms with Gasteiger partial charge in [-0.05, 0) is 35.8 Å². The third-order valence-corrected chi connectivity index (χ3v) is 2.40. The van der Waals surface area contributed by atoms with Crippen LogP contribution in [-0.2, 0) is 0 Å². The normalized spacial score (nSPS) is 22.9. The number of hydrogen-bond donors (Lipinski definition) is 1. The second-order valence-corrected chi connectivity index (χ2v) is 3.39. The Bertz CT molecular complexity index is 334. The lowest BCUT2D eigenvalue weighted by atomic mass is 10.0. The Morgan fingerprint density at radius 2 is 2.46 bits per heavy atom. The van der Waals surface area contributed by atoms with Crippen molar-refractivity contribution in [2.75, 3.05) is 6.54 Å². The van der Waals surface area contributed by atoms with Gasteiger partial charge in [0.05, 0.1) is 0 Å². The van der Waals surface area contributed by atoms with E-state index in [2.05, 4.69) is 33.3 Å². The van der Waals surface area contributed by atoms with Gasteiger partial charge in [-0.15, -0.1) is 0 Å². The Hall–Kier alpha value is -0.870. The molecule has 0 amide bonds. The predicted molar refractivity (Wildman–Crippen MR) is 49.4 cm³/mol. The molecule has 0 saturated carbocycles. The van der Waals surface area contributed by atoms with E-state index in [1.54, 1.807) is 0 Å². The Morgan fingerprint density at radius 3 is 3.08 bits per heavy atom. The van der Waals surface area contributed by atoms with Gasteiger partial charge >= 0.3 is 0 Å². The highest BCUT2D eigenvalue weighted by Gasteiger charge is 2.20. The summed E-state index contributed by atoms with van der Waals surface area (Å²) in [6, 6.07) is 0.262. The van der Waals surface area contributed by atoms with Gasteiger partial charge < -0.3 is 5.32 Å². The van der Waals surface area contributed by atoms with E-state index in [-0.39, 0.29) is 6.04 Å². The molecule has 1 N–H and O–H groups in total. The van der Waals surface area contributed by atoms with E-state index in [4.69, 9.17) is 11.6 Å². The van der Waals surface area contributed by atoms with Crippen LogP contribution in [0.3, 0.4) is 0 Å². The summed E-state index contributed by atoms with van der Waals surface area (Å²) >= 11 is 5.80. The van der Waals surface area contributed by atoms with Crippen molar-refractivity contribution >= 4 is 17.2 Å². The number of aromatic nitrogens is 2. The minimum Gasteiger partial charge on any atom is -0.310 e. The Morgan fingerprint density at radius 1 is 1.62 bits per heavy atom. The Labute approximate surface area is 80.9 Å². The number of rotatable bonds is 1. The first kappa shape index (κ1) is 8.72. The fourth-order valence-corrected chi connectivity index (χ4v) is 1.64. The lowest BCUT2D eigenvalue weighted by Gasteiger charge is -2.20. The molecule has 2 heterocycles. The van der Waals surface area contributed by atoms with Gasteiger partial charge in [0.25, 0.3) is 0 Å². The van der Waals surface area contributed by atoms with Crippen LogP contribution >= 0.6 is 11.6 Å². The van der Waals surface area contributed by atoms with Crippen LogP contribution in [0, 0.1) is 0 Å². The number of nitrogens with zero attached hydrogens (tertiary/aromatic N) is 2. The molecule has 0 saturated heterocycles. The molecule has 1 aliphatic rings. The molecule has 13 heavy (non-hydrogen) atoms. The summed E-state index contributed by atoms with van der Waals surface area (Å²) < 4.78 is 4.55. The first-order valence-corrected chi connectivity index (χ1v) is 4.58. The van der Waals surface area contributed by atoms with Crippen molar-refractivity contribution < 1.29 is 4.63 Å². The van der Waals surface area contributed by atoms with Crippen LogP contribution < -0.4 is 5.32 Å². The van der Waals surface area contributed by atoms with E-state index < -0.39 is 0 Å². The quantitative estimate of drug-likeness (QED) is 0.745. The van der Waals surface area contributed by atoms with Gasteiger partial charge in [-0.1, -0.05) is 17.7 Å². The molecule has 5 heteroatoms. The van der Waals surface area contributed by atoms with Gasteiger partial charge in [0.2, 0.25) is 5.15 Å². The second-order valence-electron chi connectivity index (χ2n) is 3.03. The summed E-state index contributed by atoms with van der Waals surface area (Å²) in [6.45, 7) is 3.06. The molecular weight excluding hydrogens is 190 g/mol. The van der Waals surface area contributed by atoms with Gasteiger partial charge in [0.1, 0.15) is 0 Å². The van der Waals surface area contributed by atoms with Crippen LogP contribution in [0.1, 0.15) is 19.0 Å². The van der Waals surface area contributed by atoms with E-state index >= 15 is 0 Å². The van der Waals surface area contributed by atoms with Crippen LogP contribution in [0.5, 0.6) is 0 Å². The zero-order valence-corrected chi connectivity index (χ0v) is 8.01. The first-order valence-electron chi connectivity index (χ1n) is 4.21. The molecule has 1 aromatic heterocycles. The van der Waals surface area contributed by atoms with E-state index in [0.29, 0.717) is 10.8 Å². The molecule has 1 aliphatic heterocycles. The molecular formula is C8H10ClN3O. The second kappa shape index (κ2) is 3.47. The Kier molecular flexibility index (Phi) is 2.33. The summed E-state index contributed by atoms with van der Waals surface area (Å²) in [5.74, 6) is 0. The zero-order chi connectivity index (χ0) is 9.26. The maximum Gasteiger partial charge on any atom is 0.201 e. The molecule has 0 aliphatic carbocycles. The van der Waals surface area contributed by atoms with Gasteiger partial charge in [-0.2, -0.15) is 0 Å². The van der Waals surface area contributed by atoms with Crippen molar-refractivity contribution in [3.05, 3.63) is 16.9 Å². The molecule has 0 bridgehead atoms. The highest BCUT2D eigenvalue weighted by Crippen LogP contribution is 2.24. The molecule has 4 nitrogen and oxygen atoms in total. The Balaban J connectivity index is 2.34. The fraction of sp³-hybridized carbons (Fsp3) is 0.500.